The number of nitrogens with zero attached hydrogens (tertiary/aromatic N) is 1. The van der Waals surface area contributed by atoms with Crippen LogP contribution in [-0.4, -0.2) is 23.3 Å². The number of unbranched alkanes of at least 4 members (excludes halogenated alkanes) is 9. The maximum absolute atomic E-state index is 13.1. The fraction of sp³-hybridized carbons (Fsp3) is 0.600. The molecule has 1 aromatic carbocycles. The molecule has 0 bridgehead atoms. The molecule has 0 aliphatic carbocycles. The zero-order valence-electron chi connectivity index (χ0n) is 18.5. The summed E-state index contributed by atoms with van der Waals surface area (Å²) in [6.45, 7) is 4.70. The van der Waals surface area contributed by atoms with E-state index in [1.807, 2.05) is 25.1 Å². The number of fused-ring (bicyclic) bond motifs is 3. The molecule has 0 aromatic heterocycles. The van der Waals surface area contributed by atoms with E-state index in [2.05, 4.69) is 6.92 Å². The van der Waals surface area contributed by atoms with Crippen molar-refractivity contribution >= 4 is 11.8 Å². The lowest BCUT2D eigenvalue weighted by molar-refractivity contribution is -0.145. The quantitative estimate of drug-likeness (QED) is 0.394. The maximum atomic E-state index is 13.1. The second-order valence-electron chi connectivity index (χ2n) is 8.71. The van der Waals surface area contributed by atoms with Crippen LogP contribution < -0.4 is 10.5 Å². The summed E-state index contributed by atoms with van der Waals surface area (Å²) in [4.78, 5) is 27.2. The zero-order chi connectivity index (χ0) is 21.5. The van der Waals surface area contributed by atoms with Crippen LogP contribution in [0, 0.1) is 6.92 Å². The number of piperidine rings is 1. The predicted octanol–water partition coefficient (Wildman–Crippen LogP) is 5.32. The number of ether oxygens (including phenoxy) is 1. The smallest absolute Gasteiger partial charge is 0.262 e. The lowest BCUT2D eigenvalue weighted by Crippen LogP contribution is -2.47. The fourth-order valence-corrected chi connectivity index (χ4v) is 4.53. The number of benzene rings is 1. The van der Waals surface area contributed by atoms with Gasteiger partial charge in [-0.25, -0.2) is 0 Å². The van der Waals surface area contributed by atoms with E-state index >= 15 is 0 Å². The highest BCUT2D eigenvalue weighted by Gasteiger charge is 2.43. The second kappa shape index (κ2) is 10.6. The van der Waals surface area contributed by atoms with Gasteiger partial charge in [-0.15, -0.1) is 0 Å². The number of amides is 2. The normalized spacial score (nSPS) is 18.3. The minimum absolute atomic E-state index is 0.105. The number of rotatable bonds is 11. The van der Waals surface area contributed by atoms with Gasteiger partial charge in [-0.3, -0.25) is 14.5 Å². The summed E-state index contributed by atoms with van der Waals surface area (Å²) in [7, 11) is 0. The van der Waals surface area contributed by atoms with Crippen LogP contribution in [-0.2, 0) is 9.59 Å². The Hall–Kier alpha value is -2.30. The molecular formula is C25H36N2O3. The molecule has 0 saturated carbocycles. The van der Waals surface area contributed by atoms with E-state index in [1.54, 1.807) is 0 Å². The van der Waals surface area contributed by atoms with E-state index in [9.17, 15) is 9.59 Å². The van der Waals surface area contributed by atoms with Crippen LogP contribution in [0.1, 0.15) is 94.6 Å². The largest absolute Gasteiger partial charge is 0.441 e. The first kappa shape index (κ1) is 22.4. The van der Waals surface area contributed by atoms with Crippen molar-refractivity contribution in [3.05, 3.63) is 40.8 Å². The SMILES string of the molecule is CCCCCCCCCCCCN1C(=O)CC2C(=C(N)Oc3ccc(C)cc32)C1=O. The molecular weight excluding hydrogens is 376 g/mol. The van der Waals surface area contributed by atoms with Crippen LogP contribution in [0.3, 0.4) is 0 Å². The van der Waals surface area contributed by atoms with Gasteiger partial charge in [0.25, 0.3) is 5.91 Å². The first-order chi connectivity index (χ1) is 14.5. The van der Waals surface area contributed by atoms with Crippen molar-refractivity contribution in [1.29, 1.82) is 0 Å². The Kier molecular flexibility index (Phi) is 7.94. The predicted molar refractivity (Wildman–Crippen MR) is 119 cm³/mol. The van der Waals surface area contributed by atoms with Crippen LogP contribution >= 0.6 is 0 Å². The summed E-state index contributed by atoms with van der Waals surface area (Å²) in [5.74, 6) is 0.110. The molecule has 1 atom stereocenters. The van der Waals surface area contributed by atoms with Gasteiger partial charge in [0.1, 0.15) is 5.75 Å². The van der Waals surface area contributed by atoms with Crippen LogP contribution in [0.25, 0.3) is 0 Å². The Labute approximate surface area is 180 Å². The van der Waals surface area contributed by atoms with Crippen LogP contribution in [0.5, 0.6) is 5.75 Å². The van der Waals surface area contributed by atoms with Gasteiger partial charge in [-0.1, -0.05) is 82.4 Å². The summed E-state index contributed by atoms with van der Waals surface area (Å²) in [5, 5.41) is 0. The number of carbonyl (C=O) groups excluding carboxylic acids is 2. The topological polar surface area (TPSA) is 72.6 Å². The van der Waals surface area contributed by atoms with E-state index in [4.69, 9.17) is 10.5 Å². The summed E-state index contributed by atoms with van der Waals surface area (Å²) < 4.78 is 5.71. The van der Waals surface area contributed by atoms with Gasteiger partial charge >= 0.3 is 0 Å². The molecule has 2 aliphatic rings. The monoisotopic (exact) mass is 412 g/mol. The molecule has 2 amide bonds. The van der Waals surface area contributed by atoms with Gasteiger partial charge < -0.3 is 10.5 Å². The number of aryl methyl sites for hydroxylation is 1. The average molecular weight is 413 g/mol. The molecule has 5 heteroatoms. The molecule has 1 unspecified atom stereocenters. The highest BCUT2D eigenvalue weighted by Crippen LogP contribution is 2.43. The fourth-order valence-electron chi connectivity index (χ4n) is 4.53. The van der Waals surface area contributed by atoms with Crippen molar-refractivity contribution < 1.29 is 14.3 Å². The Morgan fingerprint density at radius 1 is 1.00 bits per heavy atom. The molecule has 30 heavy (non-hydrogen) atoms. The average Bonchev–Trinajstić information content (AvgIpc) is 2.71. The van der Waals surface area contributed by atoms with Gasteiger partial charge in [-0.2, -0.15) is 0 Å². The zero-order valence-corrected chi connectivity index (χ0v) is 18.5. The van der Waals surface area contributed by atoms with Crippen molar-refractivity contribution in [2.45, 2.75) is 90.4 Å². The van der Waals surface area contributed by atoms with E-state index in [1.165, 1.54) is 49.8 Å². The molecule has 1 saturated heterocycles. The Balaban J connectivity index is 1.49. The Morgan fingerprint density at radius 3 is 2.30 bits per heavy atom. The van der Waals surface area contributed by atoms with Gasteiger partial charge in [0.15, 0.2) is 5.88 Å². The van der Waals surface area contributed by atoms with Gasteiger partial charge in [0.2, 0.25) is 5.91 Å². The van der Waals surface area contributed by atoms with E-state index < -0.39 is 0 Å². The molecule has 0 radical (unpaired) electrons. The van der Waals surface area contributed by atoms with Gasteiger partial charge in [-0.05, 0) is 19.4 Å². The highest BCUT2D eigenvalue weighted by atomic mass is 16.5. The first-order valence-corrected chi connectivity index (χ1v) is 11.7. The van der Waals surface area contributed by atoms with Gasteiger partial charge in [0.05, 0.1) is 5.57 Å². The molecule has 164 valence electrons. The van der Waals surface area contributed by atoms with Crippen LogP contribution in [0.4, 0.5) is 0 Å². The summed E-state index contributed by atoms with van der Waals surface area (Å²) in [6.07, 6.45) is 12.5. The standard InChI is InChI=1S/C25H36N2O3/c1-3-4-5-6-7-8-9-10-11-12-15-27-22(28)17-20-19-16-18(2)13-14-21(19)30-24(26)23(20)25(27)29/h13-14,16,20H,3-12,15,17,26H2,1-2H3. The van der Waals surface area contributed by atoms with Crippen LogP contribution in [0.2, 0.25) is 0 Å². The second-order valence-corrected chi connectivity index (χ2v) is 8.71. The number of likely N-dealkylation sites (tertiary alicyclic amines) is 1. The third-order valence-electron chi connectivity index (χ3n) is 6.27. The van der Waals surface area contributed by atoms with E-state index in [-0.39, 0.29) is 30.0 Å². The minimum atomic E-state index is -0.294. The Morgan fingerprint density at radius 2 is 1.63 bits per heavy atom. The molecule has 2 N–H and O–H groups in total. The third-order valence-corrected chi connectivity index (χ3v) is 6.27. The molecule has 2 aliphatic heterocycles. The van der Waals surface area contributed by atoms with Gasteiger partial charge in [0, 0.05) is 24.4 Å². The molecule has 0 spiro atoms. The van der Waals surface area contributed by atoms with Crippen molar-refractivity contribution in [3.8, 4) is 5.75 Å². The third kappa shape index (κ3) is 5.24. The lowest BCUT2D eigenvalue weighted by atomic mass is 9.82. The van der Waals surface area contributed by atoms with Crippen molar-refractivity contribution in [1.82, 2.24) is 4.90 Å². The minimum Gasteiger partial charge on any atom is -0.441 e. The van der Waals surface area contributed by atoms with E-state index in [0.29, 0.717) is 17.9 Å². The number of hydrogen-bond acceptors (Lipinski definition) is 4. The molecule has 1 aromatic rings. The maximum Gasteiger partial charge on any atom is 0.262 e. The van der Waals surface area contributed by atoms with Crippen molar-refractivity contribution in [2.75, 3.05) is 6.54 Å². The molecule has 1 fully saturated rings. The Bertz CT molecular complexity index is 800. The van der Waals surface area contributed by atoms with Crippen LogP contribution in [0.15, 0.2) is 29.7 Å². The summed E-state index contributed by atoms with van der Waals surface area (Å²) >= 11 is 0. The highest BCUT2D eigenvalue weighted by molar-refractivity contribution is 6.09. The number of imide groups is 1. The lowest BCUT2D eigenvalue weighted by Gasteiger charge is -2.36. The molecule has 2 heterocycles. The van der Waals surface area contributed by atoms with Crippen molar-refractivity contribution in [3.63, 3.8) is 0 Å². The van der Waals surface area contributed by atoms with E-state index in [0.717, 1.165) is 30.4 Å². The summed E-state index contributed by atoms with van der Waals surface area (Å²) in [5.41, 5.74) is 8.50. The van der Waals surface area contributed by atoms with Crippen molar-refractivity contribution in [2.24, 2.45) is 5.73 Å². The number of nitrogens with two attached hydrogens (primary N) is 1. The summed E-state index contributed by atoms with van der Waals surface area (Å²) in [6, 6.07) is 5.80. The number of hydrogen-bond donors (Lipinski definition) is 1. The molecule has 3 rings (SSSR count). The molecule has 5 nitrogen and oxygen atoms in total. The number of carbonyl (C=O) groups is 2. The first-order valence-electron chi connectivity index (χ1n) is 11.7.